The highest BCUT2D eigenvalue weighted by atomic mass is 32.2. The number of nitrogens with zero attached hydrogens (tertiary/aromatic N) is 1. The lowest BCUT2D eigenvalue weighted by molar-refractivity contribution is -0.163. The van der Waals surface area contributed by atoms with Gasteiger partial charge >= 0.3 is 5.97 Å². The second kappa shape index (κ2) is 9.32. The molecule has 0 bridgehead atoms. The van der Waals surface area contributed by atoms with Crippen LogP contribution in [0.3, 0.4) is 0 Å². The number of hydrogen-bond acceptors (Lipinski definition) is 6. The van der Waals surface area contributed by atoms with Crippen molar-refractivity contribution in [3.05, 3.63) is 40.8 Å². The van der Waals surface area contributed by atoms with Crippen LogP contribution in [0.4, 0.5) is 0 Å². The molecule has 1 aliphatic rings. The molecular formula is C22H30N2O6S. The maximum Gasteiger partial charge on any atom is 0.321 e. The lowest BCUT2D eigenvalue weighted by Crippen LogP contribution is -2.63. The highest BCUT2D eigenvalue weighted by Crippen LogP contribution is 2.36. The molecule has 1 N–H and O–H groups in total. The second-order valence-electron chi connectivity index (χ2n) is 8.99. The molecule has 1 saturated heterocycles. The number of hydrogen-bond donors (Lipinski definition) is 1. The Hall–Kier alpha value is -2.52. The van der Waals surface area contributed by atoms with Gasteiger partial charge in [0.1, 0.15) is 12.3 Å². The molecule has 0 spiro atoms. The molecule has 1 aromatic rings. The number of Topliss-reactive ketones (excluding diaryl/α,β-unsaturated/α-hetero) is 1. The van der Waals surface area contributed by atoms with Gasteiger partial charge in [-0.1, -0.05) is 29.8 Å². The third-order valence-electron chi connectivity index (χ3n) is 5.01. The molecule has 0 aliphatic carbocycles. The van der Waals surface area contributed by atoms with E-state index in [0.717, 1.165) is 11.0 Å². The molecule has 1 aromatic carbocycles. The standard InChI is InChI=1S/C22H30N2O6S/c1-16-6-8-17(9-7-16)10-11-31(28,29)23-14-20(27)30-15-19(26)24-21(2,3)12-18(25)13-22(24,4)5/h6-11,23H,12-15H2,1-5H3/b11-10+. The molecule has 0 radical (unpaired) electrons. The van der Waals surface area contributed by atoms with Crippen molar-refractivity contribution < 1.29 is 27.5 Å². The van der Waals surface area contributed by atoms with E-state index in [0.29, 0.717) is 5.56 Å². The molecule has 8 nitrogen and oxygen atoms in total. The van der Waals surface area contributed by atoms with Gasteiger partial charge in [0.05, 0.1) is 0 Å². The molecule has 1 fully saturated rings. The fourth-order valence-electron chi connectivity index (χ4n) is 3.99. The minimum atomic E-state index is -3.85. The van der Waals surface area contributed by atoms with Crippen molar-refractivity contribution in [3.8, 4) is 0 Å². The highest BCUT2D eigenvalue weighted by molar-refractivity contribution is 7.92. The molecule has 1 amide bonds. The summed E-state index contributed by atoms with van der Waals surface area (Å²) in [6, 6.07) is 7.26. The zero-order valence-corrected chi connectivity index (χ0v) is 19.4. The number of likely N-dealkylation sites (tertiary alicyclic amines) is 1. The van der Waals surface area contributed by atoms with Crippen molar-refractivity contribution in [2.24, 2.45) is 0 Å². The van der Waals surface area contributed by atoms with E-state index >= 15 is 0 Å². The number of piperidine rings is 1. The number of carbonyl (C=O) groups excluding carboxylic acids is 3. The fourth-order valence-corrected chi connectivity index (χ4v) is 4.74. The van der Waals surface area contributed by atoms with Gasteiger partial charge in [-0.25, -0.2) is 13.1 Å². The molecule has 1 aliphatic heterocycles. The zero-order chi connectivity index (χ0) is 23.4. The minimum Gasteiger partial charge on any atom is -0.455 e. The van der Waals surface area contributed by atoms with Crippen LogP contribution in [0.15, 0.2) is 29.7 Å². The lowest BCUT2D eigenvalue weighted by atomic mass is 9.79. The van der Waals surface area contributed by atoms with Gasteiger partial charge in [0, 0.05) is 29.3 Å². The van der Waals surface area contributed by atoms with Crippen molar-refractivity contribution in [3.63, 3.8) is 0 Å². The van der Waals surface area contributed by atoms with E-state index in [9.17, 15) is 22.8 Å². The third-order valence-corrected chi connectivity index (χ3v) is 6.05. The smallest absolute Gasteiger partial charge is 0.321 e. The zero-order valence-electron chi connectivity index (χ0n) is 18.6. The van der Waals surface area contributed by atoms with Crippen molar-refractivity contribution in [1.82, 2.24) is 9.62 Å². The maximum absolute atomic E-state index is 12.7. The number of rotatable bonds is 7. The summed E-state index contributed by atoms with van der Waals surface area (Å²) in [7, 11) is -3.85. The molecule has 0 saturated carbocycles. The van der Waals surface area contributed by atoms with Crippen LogP contribution in [0.2, 0.25) is 0 Å². The van der Waals surface area contributed by atoms with Crippen LogP contribution in [0.5, 0.6) is 0 Å². The van der Waals surface area contributed by atoms with Crippen LogP contribution >= 0.6 is 0 Å². The Morgan fingerprint density at radius 3 is 2.19 bits per heavy atom. The molecule has 0 atom stereocenters. The number of nitrogens with one attached hydrogen (secondary N) is 1. The Bertz CT molecular complexity index is 958. The first-order chi connectivity index (χ1) is 14.2. The van der Waals surface area contributed by atoms with Gasteiger partial charge in [0.25, 0.3) is 5.91 Å². The summed E-state index contributed by atoms with van der Waals surface area (Å²) in [4.78, 5) is 38.2. The second-order valence-corrected chi connectivity index (χ2v) is 10.6. The SMILES string of the molecule is Cc1ccc(/C=C/S(=O)(=O)NCC(=O)OCC(=O)N2C(C)(C)CC(=O)CC2(C)C)cc1. The van der Waals surface area contributed by atoms with E-state index in [4.69, 9.17) is 4.74 Å². The number of aryl methyl sites for hydroxylation is 1. The Morgan fingerprint density at radius 1 is 1.10 bits per heavy atom. The van der Waals surface area contributed by atoms with Crippen molar-refractivity contribution in [1.29, 1.82) is 0 Å². The van der Waals surface area contributed by atoms with Crippen LogP contribution in [-0.4, -0.2) is 55.2 Å². The first kappa shape index (κ1) is 24.7. The molecule has 0 unspecified atom stereocenters. The summed E-state index contributed by atoms with van der Waals surface area (Å²) in [5.74, 6) is -1.23. The number of carbonyl (C=O) groups is 3. The monoisotopic (exact) mass is 450 g/mol. The molecular weight excluding hydrogens is 420 g/mol. The average Bonchev–Trinajstić information content (AvgIpc) is 2.62. The van der Waals surface area contributed by atoms with E-state index in [1.54, 1.807) is 44.7 Å². The summed E-state index contributed by atoms with van der Waals surface area (Å²) in [5, 5.41) is 0.964. The quantitative estimate of drug-likeness (QED) is 0.638. The molecule has 0 aromatic heterocycles. The summed E-state index contributed by atoms with van der Waals surface area (Å²) < 4.78 is 31.2. The topological polar surface area (TPSA) is 110 Å². The maximum atomic E-state index is 12.7. The van der Waals surface area contributed by atoms with Crippen LogP contribution in [-0.2, 0) is 29.1 Å². The normalized spacial score (nSPS) is 18.2. The van der Waals surface area contributed by atoms with E-state index in [1.807, 2.05) is 19.1 Å². The van der Waals surface area contributed by atoms with E-state index in [-0.39, 0.29) is 18.6 Å². The Balaban J connectivity index is 1.89. The summed E-state index contributed by atoms with van der Waals surface area (Å²) >= 11 is 0. The van der Waals surface area contributed by atoms with Gasteiger partial charge in [-0.15, -0.1) is 0 Å². The third kappa shape index (κ3) is 7.00. The van der Waals surface area contributed by atoms with Gasteiger partial charge in [-0.2, -0.15) is 0 Å². The van der Waals surface area contributed by atoms with E-state index < -0.39 is 46.1 Å². The minimum absolute atomic E-state index is 0.0733. The highest BCUT2D eigenvalue weighted by Gasteiger charge is 2.47. The number of ketones is 1. The molecule has 170 valence electrons. The van der Waals surface area contributed by atoms with Crippen molar-refractivity contribution >= 4 is 33.8 Å². The first-order valence-electron chi connectivity index (χ1n) is 9.97. The number of esters is 1. The summed E-state index contributed by atoms with van der Waals surface area (Å²) in [5.41, 5.74) is 0.350. The van der Waals surface area contributed by atoms with Gasteiger partial charge in [0.15, 0.2) is 6.61 Å². The predicted octanol–water partition coefficient (Wildman–Crippen LogP) is 2.18. The number of benzene rings is 1. The van der Waals surface area contributed by atoms with E-state index in [1.165, 1.54) is 6.08 Å². The van der Waals surface area contributed by atoms with E-state index in [2.05, 4.69) is 4.72 Å². The molecule has 1 heterocycles. The summed E-state index contributed by atoms with van der Waals surface area (Å²) in [6.07, 6.45) is 1.87. The number of amides is 1. The van der Waals surface area contributed by atoms with Crippen LogP contribution < -0.4 is 4.72 Å². The molecule has 31 heavy (non-hydrogen) atoms. The van der Waals surface area contributed by atoms with Crippen LogP contribution in [0, 0.1) is 6.92 Å². The van der Waals surface area contributed by atoms with Crippen LogP contribution in [0.1, 0.15) is 51.7 Å². The largest absolute Gasteiger partial charge is 0.455 e. The molecule has 9 heteroatoms. The first-order valence-corrected chi connectivity index (χ1v) is 11.5. The average molecular weight is 451 g/mol. The summed E-state index contributed by atoms with van der Waals surface area (Å²) in [6.45, 7) is 7.97. The van der Waals surface area contributed by atoms with Gasteiger partial charge in [-0.05, 0) is 46.3 Å². The molecule has 2 rings (SSSR count). The Kier molecular flexibility index (Phi) is 7.44. The van der Waals surface area contributed by atoms with Crippen LogP contribution in [0.25, 0.3) is 6.08 Å². The predicted molar refractivity (Wildman–Crippen MR) is 117 cm³/mol. The van der Waals surface area contributed by atoms with Crippen molar-refractivity contribution in [2.75, 3.05) is 13.2 Å². The Labute approximate surface area is 183 Å². The number of sulfonamides is 1. The lowest BCUT2D eigenvalue weighted by Gasteiger charge is -2.51. The van der Waals surface area contributed by atoms with Gasteiger partial charge < -0.3 is 9.64 Å². The fraction of sp³-hybridized carbons (Fsp3) is 0.500. The Morgan fingerprint density at radius 2 is 1.65 bits per heavy atom. The van der Waals surface area contributed by atoms with Gasteiger partial charge in [0.2, 0.25) is 10.0 Å². The number of ether oxygens (including phenoxy) is 1. The van der Waals surface area contributed by atoms with Gasteiger partial charge in [-0.3, -0.25) is 14.4 Å². The van der Waals surface area contributed by atoms with Crippen molar-refractivity contribution in [2.45, 2.75) is 58.5 Å².